The number of likely N-dealkylation sites (tertiary alicyclic amines) is 1. The molecule has 0 radical (unpaired) electrons. The SMILES string of the molecule is Clc1nc(-c2ccc(N3CCCCC3)cc2)nc2c1CCN2CCCN1CCCC1. The van der Waals surface area contributed by atoms with E-state index in [1.54, 1.807) is 0 Å². The number of rotatable bonds is 6. The van der Waals surface area contributed by atoms with Crippen LogP contribution in [0.3, 0.4) is 0 Å². The fourth-order valence-electron chi connectivity index (χ4n) is 5.09. The smallest absolute Gasteiger partial charge is 0.163 e. The average Bonchev–Trinajstić information content (AvgIpc) is 3.45. The Bertz CT molecular complexity index is 857. The quantitative estimate of drug-likeness (QED) is 0.630. The molecule has 0 amide bonds. The van der Waals surface area contributed by atoms with E-state index in [2.05, 4.69) is 43.9 Å². The minimum atomic E-state index is 0.622. The zero-order valence-corrected chi connectivity index (χ0v) is 18.6. The summed E-state index contributed by atoms with van der Waals surface area (Å²) in [4.78, 5) is 17.1. The van der Waals surface area contributed by atoms with Gasteiger partial charge in [0.05, 0.1) is 0 Å². The third kappa shape index (κ3) is 4.28. The lowest BCUT2D eigenvalue weighted by Gasteiger charge is -2.28. The van der Waals surface area contributed by atoms with Crippen molar-refractivity contribution in [3.8, 4) is 11.4 Å². The van der Waals surface area contributed by atoms with Crippen molar-refractivity contribution >= 4 is 23.1 Å². The lowest BCUT2D eigenvalue weighted by molar-refractivity contribution is 0.335. The zero-order chi connectivity index (χ0) is 20.3. The largest absolute Gasteiger partial charge is 0.372 e. The van der Waals surface area contributed by atoms with Crippen LogP contribution in [0.15, 0.2) is 24.3 Å². The Hall–Kier alpha value is -1.85. The number of hydrogen-bond donors (Lipinski definition) is 0. The number of anilines is 2. The van der Waals surface area contributed by atoms with Gasteiger partial charge in [-0.2, -0.15) is 0 Å². The van der Waals surface area contributed by atoms with Crippen LogP contribution >= 0.6 is 11.6 Å². The summed E-state index contributed by atoms with van der Waals surface area (Å²) in [5.74, 6) is 1.79. The van der Waals surface area contributed by atoms with E-state index in [1.807, 2.05) is 0 Å². The third-order valence-electron chi connectivity index (χ3n) is 6.81. The molecule has 2 fully saturated rings. The van der Waals surface area contributed by atoms with Crippen molar-refractivity contribution in [1.82, 2.24) is 14.9 Å². The summed E-state index contributed by atoms with van der Waals surface area (Å²) in [6, 6.07) is 8.71. The number of benzene rings is 1. The van der Waals surface area contributed by atoms with Gasteiger partial charge in [0.2, 0.25) is 0 Å². The van der Waals surface area contributed by atoms with Crippen molar-refractivity contribution in [2.24, 2.45) is 0 Å². The highest BCUT2D eigenvalue weighted by Gasteiger charge is 2.25. The lowest BCUT2D eigenvalue weighted by Crippen LogP contribution is -2.29. The molecule has 4 heterocycles. The average molecular weight is 426 g/mol. The number of halogens is 1. The van der Waals surface area contributed by atoms with Crippen molar-refractivity contribution in [3.05, 3.63) is 35.0 Å². The molecule has 1 aromatic carbocycles. The first-order chi connectivity index (χ1) is 14.8. The fourth-order valence-corrected chi connectivity index (χ4v) is 5.35. The first kappa shape index (κ1) is 20.1. The van der Waals surface area contributed by atoms with Gasteiger partial charge in [0.25, 0.3) is 0 Å². The van der Waals surface area contributed by atoms with Gasteiger partial charge in [-0.3, -0.25) is 0 Å². The van der Waals surface area contributed by atoms with Crippen LogP contribution in [-0.4, -0.2) is 60.7 Å². The second-order valence-electron chi connectivity index (χ2n) is 8.87. The van der Waals surface area contributed by atoms with Gasteiger partial charge in [0, 0.05) is 43.0 Å². The molecule has 30 heavy (non-hydrogen) atoms. The summed E-state index contributed by atoms with van der Waals surface area (Å²) in [5.41, 5.74) is 3.46. The van der Waals surface area contributed by atoms with Crippen molar-refractivity contribution in [2.45, 2.75) is 44.9 Å². The summed E-state index contributed by atoms with van der Waals surface area (Å²) < 4.78 is 0. The molecule has 0 N–H and O–H groups in total. The highest BCUT2D eigenvalue weighted by atomic mass is 35.5. The van der Waals surface area contributed by atoms with Gasteiger partial charge in [-0.15, -0.1) is 0 Å². The van der Waals surface area contributed by atoms with Crippen molar-refractivity contribution in [2.75, 3.05) is 55.6 Å². The number of nitrogens with zero attached hydrogens (tertiary/aromatic N) is 5. The number of fused-ring (bicyclic) bond motifs is 1. The number of aromatic nitrogens is 2. The van der Waals surface area contributed by atoms with E-state index in [1.165, 1.54) is 63.8 Å². The first-order valence-electron chi connectivity index (χ1n) is 11.7. The second-order valence-corrected chi connectivity index (χ2v) is 9.23. The van der Waals surface area contributed by atoms with E-state index >= 15 is 0 Å². The van der Waals surface area contributed by atoms with E-state index in [4.69, 9.17) is 16.6 Å². The number of hydrogen-bond acceptors (Lipinski definition) is 5. The normalized spacial score (nSPS) is 19.5. The molecule has 5 rings (SSSR count). The van der Waals surface area contributed by atoms with E-state index in [-0.39, 0.29) is 0 Å². The van der Waals surface area contributed by atoms with Crippen LogP contribution in [0.5, 0.6) is 0 Å². The molecular weight excluding hydrogens is 394 g/mol. The topological polar surface area (TPSA) is 35.5 Å². The highest BCUT2D eigenvalue weighted by Crippen LogP contribution is 2.33. The summed E-state index contributed by atoms with van der Waals surface area (Å²) in [5, 5.41) is 0.622. The molecule has 0 spiro atoms. The lowest BCUT2D eigenvalue weighted by atomic mass is 10.1. The van der Waals surface area contributed by atoms with Crippen LogP contribution in [-0.2, 0) is 6.42 Å². The molecule has 0 saturated carbocycles. The maximum Gasteiger partial charge on any atom is 0.163 e. The highest BCUT2D eigenvalue weighted by molar-refractivity contribution is 6.30. The summed E-state index contributed by atoms with van der Waals surface area (Å²) in [6.07, 6.45) is 8.78. The van der Waals surface area contributed by atoms with Crippen molar-refractivity contribution in [3.63, 3.8) is 0 Å². The van der Waals surface area contributed by atoms with Gasteiger partial charge in [0.1, 0.15) is 11.0 Å². The van der Waals surface area contributed by atoms with Gasteiger partial charge >= 0.3 is 0 Å². The number of piperidine rings is 1. The van der Waals surface area contributed by atoms with Gasteiger partial charge < -0.3 is 14.7 Å². The molecule has 3 aliphatic rings. The summed E-state index contributed by atoms with van der Waals surface area (Å²) >= 11 is 6.59. The van der Waals surface area contributed by atoms with Crippen LogP contribution in [0.4, 0.5) is 11.5 Å². The molecule has 1 aromatic heterocycles. The predicted molar refractivity (Wildman–Crippen MR) is 125 cm³/mol. The molecule has 6 heteroatoms. The van der Waals surface area contributed by atoms with E-state index < -0.39 is 0 Å². The third-order valence-corrected chi connectivity index (χ3v) is 7.13. The van der Waals surface area contributed by atoms with Crippen LogP contribution in [0.2, 0.25) is 5.15 Å². The molecule has 2 saturated heterocycles. The molecule has 0 unspecified atom stereocenters. The Morgan fingerprint density at radius 2 is 1.53 bits per heavy atom. The molecule has 0 bridgehead atoms. The molecule has 0 atom stereocenters. The van der Waals surface area contributed by atoms with Crippen LogP contribution in [0.1, 0.15) is 44.1 Å². The molecular formula is C24H32ClN5. The summed E-state index contributed by atoms with van der Waals surface area (Å²) in [6.45, 7) is 8.09. The van der Waals surface area contributed by atoms with Gasteiger partial charge in [-0.25, -0.2) is 9.97 Å². The van der Waals surface area contributed by atoms with Crippen LogP contribution in [0.25, 0.3) is 11.4 Å². The van der Waals surface area contributed by atoms with E-state index in [0.717, 1.165) is 55.4 Å². The fraction of sp³-hybridized carbons (Fsp3) is 0.583. The minimum Gasteiger partial charge on any atom is -0.372 e. The predicted octanol–water partition coefficient (Wildman–Crippen LogP) is 4.64. The van der Waals surface area contributed by atoms with Crippen LogP contribution in [0, 0.1) is 0 Å². The molecule has 0 aliphatic carbocycles. The van der Waals surface area contributed by atoms with Crippen molar-refractivity contribution < 1.29 is 0 Å². The molecule has 3 aliphatic heterocycles. The molecule has 160 valence electrons. The first-order valence-corrected chi connectivity index (χ1v) is 12.0. The Kier molecular flexibility index (Phi) is 6.09. The van der Waals surface area contributed by atoms with Gasteiger partial charge in [0.15, 0.2) is 5.82 Å². The summed E-state index contributed by atoms with van der Waals surface area (Å²) in [7, 11) is 0. The maximum atomic E-state index is 6.59. The van der Waals surface area contributed by atoms with E-state index in [9.17, 15) is 0 Å². The second kappa shape index (κ2) is 9.11. The molecule has 2 aromatic rings. The van der Waals surface area contributed by atoms with E-state index in [0.29, 0.717) is 5.15 Å². The van der Waals surface area contributed by atoms with Crippen molar-refractivity contribution in [1.29, 1.82) is 0 Å². The van der Waals surface area contributed by atoms with Gasteiger partial charge in [-0.1, -0.05) is 11.6 Å². The molecule has 5 nitrogen and oxygen atoms in total. The Labute approximate surface area is 185 Å². The van der Waals surface area contributed by atoms with Gasteiger partial charge in [-0.05, 0) is 88.8 Å². The standard InChI is InChI=1S/C24H32ClN5/c25-22-21-11-18-30(17-6-14-28-12-4-5-13-28)24(21)27-23(26-22)19-7-9-20(10-8-19)29-15-2-1-3-16-29/h7-10H,1-6,11-18H2. The van der Waals surface area contributed by atoms with Crippen LogP contribution < -0.4 is 9.80 Å². The Morgan fingerprint density at radius 3 is 2.30 bits per heavy atom. The maximum absolute atomic E-state index is 6.59. The zero-order valence-electron chi connectivity index (χ0n) is 17.8. The minimum absolute atomic E-state index is 0.622. The Morgan fingerprint density at radius 1 is 0.800 bits per heavy atom. The monoisotopic (exact) mass is 425 g/mol. The Balaban J connectivity index is 1.30.